The number of carbonyl (C=O) groups is 2. The Labute approximate surface area is 197 Å². The van der Waals surface area contributed by atoms with Crippen LogP contribution in [0.3, 0.4) is 0 Å². The quantitative estimate of drug-likeness (QED) is 0.423. The van der Waals surface area contributed by atoms with Gasteiger partial charge in [0, 0.05) is 23.1 Å². The number of anilines is 1. The van der Waals surface area contributed by atoms with Gasteiger partial charge in [-0.15, -0.1) is 0 Å². The van der Waals surface area contributed by atoms with Gasteiger partial charge in [0.05, 0.1) is 18.1 Å². The third-order valence-electron chi connectivity index (χ3n) is 5.64. The van der Waals surface area contributed by atoms with Crippen molar-refractivity contribution in [2.75, 3.05) is 12.4 Å². The molecular formula is C27H25N3O4. The zero-order valence-corrected chi connectivity index (χ0v) is 19.3. The highest BCUT2D eigenvalue weighted by Crippen LogP contribution is 2.18. The number of benzene rings is 2. The van der Waals surface area contributed by atoms with Gasteiger partial charge in [-0.3, -0.25) is 14.4 Å². The number of methoxy groups -OCH3 is 1. The highest BCUT2D eigenvalue weighted by atomic mass is 16.5. The molecule has 0 aliphatic carbocycles. The molecule has 0 radical (unpaired) electrons. The van der Waals surface area contributed by atoms with Crippen molar-refractivity contribution < 1.29 is 14.3 Å². The number of ketones is 1. The van der Waals surface area contributed by atoms with E-state index < -0.39 is 11.2 Å². The summed E-state index contributed by atoms with van der Waals surface area (Å²) in [6.07, 6.45) is 2.20. The molecule has 2 aromatic carbocycles. The number of aromatic nitrogens is 2. The minimum atomic E-state index is -0.430. The number of nitrogens with zero attached hydrogens (tertiary/aromatic N) is 2. The molecule has 0 aliphatic rings. The fourth-order valence-corrected chi connectivity index (χ4v) is 3.84. The average molecular weight is 456 g/mol. The van der Waals surface area contributed by atoms with E-state index in [9.17, 15) is 14.4 Å². The van der Waals surface area contributed by atoms with Crippen LogP contribution in [0.15, 0.2) is 71.7 Å². The molecule has 34 heavy (non-hydrogen) atoms. The van der Waals surface area contributed by atoms with Crippen LogP contribution in [0.2, 0.25) is 0 Å². The SMILES string of the molecule is CCc1ccccc1NC(=O)Cn1cc(C(=O)c2ccc(OC)cc2)c(=O)c2ccc(C)nc21. The summed E-state index contributed by atoms with van der Waals surface area (Å²) in [5, 5.41) is 3.22. The van der Waals surface area contributed by atoms with E-state index in [4.69, 9.17) is 4.74 Å². The van der Waals surface area contributed by atoms with Gasteiger partial charge < -0.3 is 14.6 Å². The maximum Gasteiger partial charge on any atom is 0.244 e. The number of ether oxygens (including phenoxy) is 1. The zero-order valence-electron chi connectivity index (χ0n) is 19.3. The molecule has 4 rings (SSSR count). The number of fused-ring (bicyclic) bond motifs is 1. The van der Waals surface area contributed by atoms with Crippen LogP contribution in [0.4, 0.5) is 5.69 Å². The Morgan fingerprint density at radius 1 is 1.03 bits per heavy atom. The summed E-state index contributed by atoms with van der Waals surface area (Å²) in [5.74, 6) is -0.103. The summed E-state index contributed by atoms with van der Waals surface area (Å²) in [7, 11) is 1.54. The Bertz CT molecular complexity index is 1440. The topological polar surface area (TPSA) is 90.3 Å². The molecule has 2 aromatic heterocycles. The Hall–Kier alpha value is -4.26. The van der Waals surface area contributed by atoms with Crippen LogP contribution in [-0.2, 0) is 17.8 Å². The fraction of sp³-hybridized carbons (Fsp3) is 0.185. The van der Waals surface area contributed by atoms with Gasteiger partial charge in [-0.25, -0.2) is 4.98 Å². The van der Waals surface area contributed by atoms with E-state index in [0.717, 1.165) is 17.7 Å². The summed E-state index contributed by atoms with van der Waals surface area (Å²) in [6.45, 7) is 3.72. The lowest BCUT2D eigenvalue weighted by Gasteiger charge is -2.14. The number of para-hydroxylation sites is 1. The van der Waals surface area contributed by atoms with Crippen LogP contribution in [0.5, 0.6) is 5.75 Å². The Kier molecular flexibility index (Phi) is 6.54. The highest BCUT2D eigenvalue weighted by Gasteiger charge is 2.19. The van der Waals surface area contributed by atoms with E-state index in [0.29, 0.717) is 22.7 Å². The van der Waals surface area contributed by atoms with E-state index in [1.807, 2.05) is 38.1 Å². The van der Waals surface area contributed by atoms with Crippen molar-refractivity contribution in [3.8, 4) is 5.75 Å². The number of rotatable bonds is 7. The standard InChI is InChI=1S/C27H25N3O4/c1-4-18-7-5-6-8-23(18)29-24(31)16-30-15-22(25(32)19-10-12-20(34-3)13-11-19)26(33)21-14-9-17(2)28-27(21)30/h5-15H,4,16H2,1-3H3,(H,29,31). The smallest absolute Gasteiger partial charge is 0.244 e. The molecule has 7 heteroatoms. The largest absolute Gasteiger partial charge is 0.497 e. The minimum absolute atomic E-state index is 0.0231. The van der Waals surface area contributed by atoms with Gasteiger partial charge in [0.2, 0.25) is 11.3 Å². The number of aryl methyl sites for hydroxylation is 2. The lowest BCUT2D eigenvalue weighted by molar-refractivity contribution is -0.116. The summed E-state index contributed by atoms with van der Waals surface area (Å²) in [5.41, 5.74) is 2.72. The summed E-state index contributed by atoms with van der Waals surface area (Å²) < 4.78 is 6.71. The van der Waals surface area contributed by atoms with Crippen molar-refractivity contribution >= 4 is 28.4 Å². The van der Waals surface area contributed by atoms with Gasteiger partial charge >= 0.3 is 0 Å². The van der Waals surface area contributed by atoms with Crippen molar-refractivity contribution in [1.29, 1.82) is 0 Å². The maximum atomic E-state index is 13.2. The molecule has 0 atom stereocenters. The Morgan fingerprint density at radius 3 is 2.47 bits per heavy atom. The first-order valence-corrected chi connectivity index (χ1v) is 11.0. The molecule has 172 valence electrons. The van der Waals surface area contributed by atoms with E-state index in [-0.39, 0.29) is 23.4 Å². The lowest BCUT2D eigenvalue weighted by atomic mass is 10.0. The first kappa shape index (κ1) is 22.9. The van der Waals surface area contributed by atoms with Gasteiger partial charge in [-0.05, 0) is 61.4 Å². The number of pyridine rings is 2. The maximum absolute atomic E-state index is 13.2. The molecule has 1 amide bonds. The molecule has 4 aromatic rings. The molecule has 1 N–H and O–H groups in total. The predicted molar refractivity (Wildman–Crippen MR) is 132 cm³/mol. The van der Waals surface area contributed by atoms with Crippen LogP contribution in [0, 0.1) is 6.92 Å². The first-order valence-electron chi connectivity index (χ1n) is 11.0. The van der Waals surface area contributed by atoms with Crippen molar-refractivity contribution in [1.82, 2.24) is 9.55 Å². The van der Waals surface area contributed by atoms with Gasteiger partial charge in [0.1, 0.15) is 17.9 Å². The number of carbonyl (C=O) groups excluding carboxylic acids is 2. The van der Waals surface area contributed by atoms with Crippen LogP contribution in [0.25, 0.3) is 11.0 Å². The number of hydrogen-bond acceptors (Lipinski definition) is 5. The molecule has 0 saturated carbocycles. The van der Waals surface area contributed by atoms with E-state index in [1.54, 1.807) is 41.0 Å². The molecule has 0 aliphatic heterocycles. The number of nitrogens with one attached hydrogen (secondary N) is 1. The fourth-order valence-electron chi connectivity index (χ4n) is 3.84. The van der Waals surface area contributed by atoms with Gasteiger partial charge in [0.15, 0.2) is 5.78 Å². The summed E-state index contributed by atoms with van der Waals surface area (Å²) >= 11 is 0. The first-order chi connectivity index (χ1) is 16.4. The molecule has 2 heterocycles. The van der Waals surface area contributed by atoms with Crippen molar-refractivity contribution in [2.24, 2.45) is 0 Å². The molecule has 7 nitrogen and oxygen atoms in total. The monoisotopic (exact) mass is 455 g/mol. The van der Waals surface area contributed by atoms with Crippen LogP contribution >= 0.6 is 0 Å². The van der Waals surface area contributed by atoms with Gasteiger partial charge in [0.25, 0.3) is 0 Å². The lowest BCUT2D eigenvalue weighted by Crippen LogP contribution is -2.25. The van der Waals surface area contributed by atoms with E-state index in [2.05, 4.69) is 10.3 Å². The third kappa shape index (κ3) is 4.59. The molecular weight excluding hydrogens is 430 g/mol. The van der Waals surface area contributed by atoms with Gasteiger partial charge in [-0.2, -0.15) is 0 Å². The molecule has 0 saturated heterocycles. The second-order valence-corrected chi connectivity index (χ2v) is 7.94. The summed E-state index contributed by atoms with van der Waals surface area (Å²) in [4.78, 5) is 43.8. The predicted octanol–water partition coefficient (Wildman–Crippen LogP) is 4.15. The van der Waals surface area contributed by atoms with Crippen LogP contribution < -0.4 is 15.5 Å². The zero-order chi connectivity index (χ0) is 24.2. The Balaban J connectivity index is 1.75. The molecule has 0 fully saturated rings. The third-order valence-corrected chi connectivity index (χ3v) is 5.64. The highest BCUT2D eigenvalue weighted by molar-refractivity contribution is 6.10. The van der Waals surface area contributed by atoms with Crippen molar-refractivity contribution in [3.05, 3.63) is 99.5 Å². The number of hydrogen-bond donors (Lipinski definition) is 1. The van der Waals surface area contributed by atoms with Gasteiger partial charge in [-0.1, -0.05) is 25.1 Å². The second-order valence-electron chi connectivity index (χ2n) is 7.94. The molecule has 0 unspecified atom stereocenters. The molecule has 0 spiro atoms. The Morgan fingerprint density at radius 2 is 1.76 bits per heavy atom. The van der Waals surface area contributed by atoms with Crippen LogP contribution in [0.1, 0.15) is 34.1 Å². The van der Waals surface area contributed by atoms with Crippen molar-refractivity contribution in [3.63, 3.8) is 0 Å². The van der Waals surface area contributed by atoms with Crippen molar-refractivity contribution in [2.45, 2.75) is 26.8 Å². The second kappa shape index (κ2) is 9.70. The molecule has 0 bridgehead atoms. The average Bonchev–Trinajstić information content (AvgIpc) is 2.85. The van der Waals surface area contributed by atoms with Crippen LogP contribution in [-0.4, -0.2) is 28.4 Å². The normalized spacial score (nSPS) is 10.8. The van der Waals surface area contributed by atoms with E-state index in [1.165, 1.54) is 13.3 Å². The van der Waals surface area contributed by atoms with E-state index >= 15 is 0 Å². The number of amides is 1. The summed E-state index contributed by atoms with van der Waals surface area (Å²) in [6, 6.07) is 17.5. The minimum Gasteiger partial charge on any atom is -0.497 e.